The number of rotatable bonds is 4. The van der Waals surface area contributed by atoms with Crippen molar-refractivity contribution < 1.29 is 9.53 Å². The zero-order chi connectivity index (χ0) is 18.0. The Morgan fingerprint density at radius 3 is 2.92 bits per heavy atom. The van der Waals surface area contributed by atoms with Crippen LogP contribution in [0.1, 0.15) is 47.4 Å². The summed E-state index contributed by atoms with van der Waals surface area (Å²) in [6.45, 7) is 2.52. The summed E-state index contributed by atoms with van der Waals surface area (Å²) in [6, 6.07) is 5.58. The van der Waals surface area contributed by atoms with Crippen LogP contribution in [0.4, 0.5) is 5.69 Å². The highest BCUT2D eigenvalue weighted by atomic mass is 16.5. The molecule has 1 heterocycles. The molecule has 1 aliphatic carbocycles. The molecule has 8 heteroatoms. The zero-order valence-corrected chi connectivity index (χ0v) is 13.8. The largest absolute Gasteiger partial charge is 0.494 e. The van der Waals surface area contributed by atoms with Crippen molar-refractivity contribution in [3.63, 3.8) is 0 Å². The maximum absolute atomic E-state index is 12.5. The van der Waals surface area contributed by atoms with Gasteiger partial charge in [0.05, 0.1) is 12.6 Å². The summed E-state index contributed by atoms with van der Waals surface area (Å²) in [4.78, 5) is 39.7. The van der Waals surface area contributed by atoms with E-state index in [9.17, 15) is 14.4 Å². The molecular weight excluding hydrogens is 324 g/mol. The molecule has 8 nitrogen and oxygen atoms in total. The predicted molar refractivity (Wildman–Crippen MR) is 92.9 cm³/mol. The van der Waals surface area contributed by atoms with E-state index in [-0.39, 0.29) is 17.4 Å². The fraction of sp³-hybridized carbons (Fsp3) is 0.353. The van der Waals surface area contributed by atoms with Crippen LogP contribution in [-0.4, -0.2) is 22.5 Å². The van der Waals surface area contributed by atoms with Gasteiger partial charge in [-0.15, -0.1) is 0 Å². The molecule has 1 aliphatic rings. The Balaban J connectivity index is 1.87. The number of aromatic nitrogens is 2. The van der Waals surface area contributed by atoms with Crippen molar-refractivity contribution in [2.24, 2.45) is 0 Å². The Morgan fingerprint density at radius 1 is 1.36 bits per heavy atom. The van der Waals surface area contributed by atoms with Gasteiger partial charge in [-0.05, 0) is 49.4 Å². The minimum absolute atomic E-state index is 0.214. The lowest BCUT2D eigenvalue weighted by Gasteiger charge is -2.27. The lowest BCUT2D eigenvalue weighted by Crippen LogP contribution is -2.36. The number of hydrogen-bond acceptors (Lipinski definition) is 5. The van der Waals surface area contributed by atoms with Gasteiger partial charge >= 0.3 is 5.69 Å². The van der Waals surface area contributed by atoms with Crippen molar-refractivity contribution >= 4 is 11.6 Å². The Kier molecular flexibility index (Phi) is 4.60. The maximum Gasteiger partial charge on any atom is 0.326 e. The van der Waals surface area contributed by atoms with Crippen molar-refractivity contribution in [3.05, 3.63) is 55.9 Å². The van der Waals surface area contributed by atoms with Gasteiger partial charge in [0.15, 0.2) is 0 Å². The lowest BCUT2D eigenvalue weighted by atomic mass is 9.87. The molecule has 0 radical (unpaired) electrons. The third kappa shape index (κ3) is 3.42. The number of H-pyrrole nitrogens is 2. The van der Waals surface area contributed by atoms with Crippen LogP contribution in [0.5, 0.6) is 5.75 Å². The second-order valence-electron chi connectivity index (χ2n) is 5.91. The van der Waals surface area contributed by atoms with E-state index in [0.717, 1.165) is 36.1 Å². The number of aromatic amines is 2. The SMILES string of the molecule is CCOc1ccc2c(c1)CCC[C@H]2NC(=O)c1[nH]c(=O)[nH]c(=O)c1N. The summed E-state index contributed by atoms with van der Waals surface area (Å²) < 4.78 is 5.52. The first kappa shape index (κ1) is 16.8. The number of amides is 1. The number of fused-ring (bicyclic) bond motifs is 1. The van der Waals surface area contributed by atoms with Crippen LogP contribution < -0.4 is 27.0 Å². The van der Waals surface area contributed by atoms with E-state index in [0.29, 0.717) is 6.61 Å². The molecule has 0 aliphatic heterocycles. The summed E-state index contributed by atoms with van der Waals surface area (Å²) in [5.41, 5.74) is 5.67. The molecule has 0 unspecified atom stereocenters. The first-order chi connectivity index (χ1) is 12.0. The van der Waals surface area contributed by atoms with E-state index >= 15 is 0 Å². The Morgan fingerprint density at radius 2 is 2.16 bits per heavy atom. The summed E-state index contributed by atoms with van der Waals surface area (Å²) >= 11 is 0. The molecule has 5 N–H and O–H groups in total. The van der Waals surface area contributed by atoms with Crippen LogP contribution in [0.25, 0.3) is 0 Å². The monoisotopic (exact) mass is 344 g/mol. The Hall–Kier alpha value is -3.03. The highest BCUT2D eigenvalue weighted by Crippen LogP contribution is 2.32. The van der Waals surface area contributed by atoms with Crippen LogP contribution in [0.3, 0.4) is 0 Å². The first-order valence-electron chi connectivity index (χ1n) is 8.18. The van der Waals surface area contributed by atoms with E-state index in [1.165, 1.54) is 0 Å². The van der Waals surface area contributed by atoms with Gasteiger partial charge in [0.1, 0.15) is 17.1 Å². The molecule has 0 spiro atoms. The fourth-order valence-electron chi connectivity index (χ4n) is 3.10. The predicted octanol–water partition coefficient (Wildman–Crippen LogP) is 0.852. The van der Waals surface area contributed by atoms with Crippen molar-refractivity contribution in [1.29, 1.82) is 0 Å². The molecule has 2 aromatic rings. The molecule has 0 saturated carbocycles. The lowest BCUT2D eigenvalue weighted by molar-refractivity contribution is 0.0928. The smallest absolute Gasteiger partial charge is 0.326 e. The fourth-order valence-corrected chi connectivity index (χ4v) is 3.10. The molecule has 1 amide bonds. The van der Waals surface area contributed by atoms with Crippen LogP contribution in [0.15, 0.2) is 27.8 Å². The molecule has 0 saturated heterocycles. The van der Waals surface area contributed by atoms with Crippen LogP contribution >= 0.6 is 0 Å². The number of nitrogens with one attached hydrogen (secondary N) is 3. The van der Waals surface area contributed by atoms with Gasteiger partial charge in [-0.1, -0.05) is 6.07 Å². The van der Waals surface area contributed by atoms with Gasteiger partial charge in [0, 0.05) is 0 Å². The van der Waals surface area contributed by atoms with Gasteiger partial charge in [-0.2, -0.15) is 0 Å². The second-order valence-corrected chi connectivity index (χ2v) is 5.91. The van der Waals surface area contributed by atoms with Gasteiger partial charge < -0.3 is 20.8 Å². The van der Waals surface area contributed by atoms with Crippen LogP contribution in [-0.2, 0) is 6.42 Å². The van der Waals surface area contributed by atoms with E-state index in [4.69, 9.17) is 10.5 Å². The minimum Gasteiger partial charge on any atom is -0.494 e. The van der Waals surface area contributed by atoms with Crippen molar-refractivity contribution in [2.75, 3.05) is 12.3 Å². The molecule has 0 fully saturated rings. The normalized spacial score (nSPS) is 16.1. The minimum atomic E-state index is -0.778. The molecule has 1 atom stereocenters. The van der Waals surface area contributed by atoms with Crippen molar-refractivity contribution in [3.8, 4) is 5.75 Å². The number of benzene rings is 1. The molecule has 1 aromatic carbocycles. The van der Waals surface area contributed by atoms with E-state index in [1.807, 2.05) is 30.1 Å². The molecule has 25 heavy (non-hydrogen) atoms. The zero-order valence-electron chi connectivity index (χ0n) is 13.8. The summed E-state index contributed by atoms with van der Waals surface area (Å²) in [5.74, 6) is 0.226. The average Bonchev–Trinajstić information content (AvgIpc) is 2.58. The van der Waals surface area contributed by atoms with Gasteiger partial charge in [-0.25, -0.2) is 4.79 Å². The summed E-state index contributed by atoms with van der Waals surface area (Å²) in [5, 5.41) is 2.86. The number of nitrogens with two attached hydrogens (primary N) is 1. The standard InChI is InChI=1S/C17H20N4O4/c1-2-25-10-6-7-11-9(8-10)4-3-5-12(11)19-16(23)14-13(18)15(22)21-17(24)20-14/h6-8,12H,2-5,18H2,1H3,(H,19,23)(H2,20,21,22,24)/t12-/m1/s1. The molecule has 0 bridgehead atoms. The number of anilines is 1. The summed E-state index contributed by atoms with van der Waals surface area (Å²) in [7, 11) is 0. The molecule has 132 valence electrons. The van der Waals surface area contributed by atoms with Gasteiger partial charge in [-0.3, -0.25) is 14.6 Å². The number of carbonyl (C=O) groups is 1. The maximum atomic E-state index is 12.5. The number of aryl methyl sites for hydroxylation is 1. The number of ether oxygens (including phenoxy) is 1. The highest BCUT2D eigenvalue weighted by molar-refractivity contribution is 5.97. The molecule has 3 rings (SSSR count). The number of nitrogen functional groups attached to an aromatic ring is 1. The van der Waals surface area contributed by atoms with E-state index in [1.54, 1.807) is 0 Å². The number of hydrogen-bond donors (Lipinski definition) is 4. The highest BCUT2D eigenvalue weighted by Gasteiger charge is 2.24. The third-order valence-electron chi connectivity index (χ3n) is 4.25. The van der Waals surface area contributed by atoms with E-state index in [2.05, 4.69) is 10.3 Å². The molecular formula is C17H20N4O4. The third-order valence-corrected chi connectivity index (χ3v) is 4.25. The van der Waals surface area contributed by atoms with Crippen LogP contribution in [0.2, 0.25) is 0 Å². The summed E-state index contributed by atoms with van der Waals surface area (Å²) in [6.07, 6.45) is 2.58. The van der Waals surface area contributed by atoms with Crippen molar-refractivity contribution in [2.45, 2.75) is 32.2 Å². The first-order valence-corrected chi connectivity index (χ1v) is 8.18. The van der Waals surface area contributed by atoms with Crippen LogP contribution in [0, 0.1) is 0 Å². The Bertz CT molecular complexity index is 916. The van der Waals surface area contributed by atoms with E-state index < -0.39 is 17.2 Å². The Labute approximate surface area is 143 Å². The molecule has 1 aromatic heterocycles. The topological polar surface area (TPSA) is 130 Å². The second kappa shape index (κ2) is 6.84. The van der Waals surface area contributed by atoms with Gasteiger partial charge in [0.25, 0.3) is 11.5 Å². The number of carbonyl (C=O) groups excluding carboxylic acids is 1. The average molecular weight is 344 g/mol. The van der Waals surface area contributed by atoms with Gasteiger partial charge in [0.2, 0.25) is 0 Å². The van der Waals surface area contributed by atoms with Crippen molar-refractivity contribution in [1.82, 2.24) is 15.3 Å². The quantitative estimate of drug-likeness (QED) is 0.653.